The highest BCUT2D eigenvalue weighted by molar-refractivity contribution is 6.75. The van der Waals surface area contributed by atoms with Gasteiger partial charge in [-0.1, -0.05) is 94.4 Å². The predicted octanol–water partition coefficient (Wildman–Crippen LogP) is 6.06. The molecular formula is C15H8Cl5. The molecule has 0 atom stereocenters. The lowest BCUT2D eigenvalue weighted by Gasteiger charge is -2.27. The van der Waals surface area contributed by atoms with Gasteiger partial charge in [-0.2, -0.15) is 0 Å². The summed E-state index contributed by atoms with van der Waals surface area (Å²) in [5, 5.41) is 0. The molecule has 0 aromatic heterocycles. The van der Waals surface area contributed by atoms with E-state index in [1.165, 1.54) is 11.1 Å². The first kappa shape index (κ1) is 14.8. The smallest absolute Gasteiger partial charge is 0.0914 e. The first-order valence-electron chi connectivity index (χ1n) is 5.89. The molecule has 103 valence electrons. The van der Waals surface area contributed by atoms with Crippen molar-refractivity contribution in [2.75, 3.05) is 0 Å². The Hall–Kier alpha value is -0.110. The van der Waals surface area contributed by atoms with Gasteiger partial charge in [0.05, 0.1) is 0 Å². The zero-order valence-electron chi connectivity index (χ0n) is 10.1. The van der Waals surface area contributed by atoms with Crippen molar-refractivity contribution in [2.24, 2.45) is 0 Å². The molecule has 0 amide bonds. The SMILES string of the molecule is ClC(Cl)(Cl)C(Cl)(Cl)c1[c]c2c(cc1)-c1ccccc1C2. The molecule has 1 aliphatic carbocycles. The fourth-order valence-corrected chi connectivity index (χ4v) is 2.92. The summed E-state index contributed by atoms with van der Waals surface area (Å²) in [5.74, 6) is 0. The standard InChI is InChI=1S/C15H8Cl5/c16-14(17,15(18,19)20)11-5-6-13-10(8-11)7-9-3-1-2-4-12(9)13/h1-6H,7H2. The minimum absolute atomic E-state index is 0.465. The van der Waals surface area contributed by atoms with Crippen LogP contribution in [0.5, 0.6) is 0 Å². The molecule has 0 N–H and O–H groups in total. The van der Waals surface area contributed by atoms with Crippen LogP contribution < -0.4 is 0 Å². The van der Waals surface area contributed by atoms with Crippen LogP contribution in [0.2, 0.25) is 0 Å². The van der Waals surface area contributed by atoms with Crippen LogP contribution in [0.25, 0.3) is 11.1 Å². The highest BCUT2D eigenvalue weighted by Crippen LogP contribution is 2.53. The first-order chi connectivity index (χ1) is 9.30. The van der Waals surface area contributed by atoms with Crippen molar-refractivity contribution in [1.29, 1.82) is 0 Å². The van der Waals surface area contributed by atoms with Gasteiger partial charge in [-0.3, -0.25) is 0 Å². The molecule has 0 fully saturated rings. The number of alkyl halides is 5. The minimum Gasteiger partial charge on any atom is -0.0914 e. The predicted molar refractivity (Wildman–Crippen MR) is 87.2 cm³/mol. The Bertz CT molecular complexity index is 670. The highest BCUT2D eigenvalue weighted by Gasteiger charge is 2.47. The van der Waals surface area contributed by atoms with Crippen molar-refractivity contribution in [3.63, 3.8) is 0 Å². The second kappa shape index (κ2) is 4.97. The van der Waals surface area contributed by atoms with Gasteiger partial charge in [-0.05, 0) is 34.7 Å². The van der Waals surface area contributed by atoms with Crippen LogP contribution >= 0.6 is 58.0 Å². The molecule has 0 saturated heterocycles. The van der Waals surface area contributed by atoms with Crippen molar-refractivity contribution in [1.82, 2.24) is 0 Å². The van der Waals surface area contributed by atoms with E-state index in [-0.39, 0.29) is 0 Å². The molecule has 0 heterocycles. The van der Waals surface area contributed by atoms with E-state index in [1.807, 2.05) is 18.2 Å². The summed E-state index contributed by atoms with van der Waals surface area (Å²) in [5.41, 5.74) is 5.06. The normalized spacial score (nSPS) is 14.1. The molecule has 0 aliphatic heterocycles. The van der Waals surface area contributed by atoms with E-state index in [2.05, 4.69) is 18.2 Å². The summed E-state index contributed by atoms with van der Waals surface area (Å²) < 4.78 is -3.46. The van der Waals surface area contributed by atoms with Crippen molar-refractivity contribution < 1.29 is 0 Å². The van der Waals surface area contributed by atoms with Crippen molar-refractivity contribution in [3.05, 3.63) is 59.2 Å². The number of benzene rings is 2. The van der Waals surface area contributed by atoms with E-state index < -0.39 is 8.13 Å². The molecule has 0 unspecified atom stereocenters. The number of hydrogen-bond acceptors (Lipinski definition) is 0. The van der Waals surface area contributed by atoms with E-state index in [4.69, 9.17) is 58.0 Å². The topological polar surface area (TPSA) is 0 Å². The molecule has 5 heteroatoms. The van der Waals surface area contributed by atoms with Crippen molar-refractivity contribution in [2.45, 2.75) is 14.5 Å². The van der Waals surface area contributed by atoms with E-state index in [9.17, 15) is 0 Å². The van der Waals surface area contributed by atoms with Gasteiger partial charge in [0.25, 0.3) is 0 Å². The summed E-state index contributed by atoms with van der Waals surface area (Å²) in [6.07, 6.45) is 0.781. The molecule has 0 bridgehead atoms. The Morgan fingerprint density at radius 2 is 1.55 bits per heavy atom. The van der Waals surface area contributed by atoms with Crippen LogP contribution in [-0.4, -0.2) is 3.79 Å². The van der Waals surface area contributed by atoms with Crippen LogP contribution in [-0.2, 0) is 10.8 Å². The van der Waals surface area contributed by atoms with Crippen LogP contribution in [0.3, 0.4) is 0 Å². The number of rotatable bonds is 1. The average Bonchev–Trinajstić information content (AvgIpc) is 2.74. The lowest BCUT2D eigenvalue weighted by atomic mass is 10.0. The fourth-order valence-electron chi connectivity index (χ4n) is 2.39. The van der Waals surface area contributed by atoms with Crippen LogP contribution in [0, 0.1) is 6.07 Å². The zero-order valence-corrected chi connectivity index (χ0v) is 13.8. The van der Waals surface area contributed by atoms with E-state index >= 15 is 0 Å². The number of hydrogen-bond donors (Lipinski definition) is 0. The van der Waals surface area contributed by atoms with Gasteiger partial charge in [0.15, 0.2) is 4.33 Å². The Labute approximate surface area is 142 Å². The number of halogens is 5. The molecule has 2 aromatic rings. The van der Waals surface area contributed by atoms with Crippen LogP contribution in [0.1, 0.15) is 16.7 Å². The zero-order chi connectivity index (χ0) is 14.5. The maximum absolute atomic E-state index is 6.19. The summed E-state index contributed by atoms with van der Waals surface area (Å²) in [6, 6.07) is 15.1. The summed E-state index contributed by atoms with van der Waals surface area (Å²) >= 11 is 29.9. The van der Waals surface area contributed by atoms with Gasteiger partial charge >= 0.3 is 0 Å². The lowest BCUT2D eigenvalue weighted by molar-refractivity contribution is 0.873. The van der Waals surface area contributed by atoms with Gasteiger partial charge in [-0.15, -0.1) is 0 Å². The Balaban J connectivity index is 2.08. The third kappa shape index (κ3) is 2.32. The van der Waals surface area contributed by atoms with Gasteiger partial charge < -0.3 is 0 Å². The van der Waals surface area contributed by atoms with E-state index in [0.717, 1.165) is 17.5 Å². The first-order valence-corrected chi connectivity index (χ1v) is 7.78. The lowest BCUT2D eigenvalue weighted by Crippen LogP contribution is -2.28. The van der Waals surface area contributed by atoms with Gasteiger partial charge in [-0.25, -0.2) is 0 Å². The van der Waals surface area contributed by atoms with Crippen molar-refractivity contribution in [3.8, 4) is 11.1 Å². The van der Waals surface area contributed by atoms with Gasteiger partial charge in [0.2, 0.25) is 3.79 Å². The Kier molecular flexibility index (Phi) is 3.68. The van der Waals surface area contributed by atoms with Crippen molar-refractivity contribution >= 4 is 58.0 Å². The Morgan fingerprint density at radius 1 is 0.850 bits per heavy atom. The van der Waals surface area contributed by atoms with Gasteiger partial charge in [0.1, 0.15) is 0 Å². The largest absolute Gasteiger partial charge is 0.227 e. The van der Waals surface area contributed by atoms with E-state index in [0.29, 0.717) is 5.56 Å². The third-order valence-electron chi connectivity index (χ3n) is 3.40. The minimum atomic E-state index is -1.83. The van der Waals surface area contributed by atoms with Gasteiger partial charge in [0, 0.05) is 5.56 Å². The molecule has 1 aliphatic rings. The molecule has 20 heavy (non-hydrogen) atoms. The molecule has 3 rings (SSSR count). The van der Waals surface area contributed by atoms with E-state index in [1.54, 1.807) is 6.07 Å². The molecule has 0 nitrogen and oxygen atoms in total. The fraction of sp³-hybridized carbons (Fsp3) is 0.200. The molecule has 1 radical (unpaired) electrons. The second-order valence-corrected chi connectivity index (χ2v) is 8.28. The maximum Gasteiger partial charge on any atom is 0.227 e. The average molecular weight is 365 g/mol. The third-order valence-corrected chi connectivity index (χ3v) is 5.80. The maximum atomic E-state index is 6.19. The molecule has 0 spiro atoms. The summed E-state index contributed by atoms with van der Waals surface area (Å²) in [7, 11) is 0. The quantitative estimate of drug-likeness (QED) is 0.460. The monoisotopic (exact) mass is 363 g/mol. The van der Waals surface area contributed by atoms with Crippen LogP contribution in [0.4, 0.5) is 0 Å². The second-order valence-electron chi connectivity index (χ2n) is 4.67. The highest BCUT2D eigenvalue weighted by atomic mass is 35.6. The molecule has 2 aromatic carbocycles. The summed E-state index contributed by atoms with van der Waals surface area (Å²) in [6.45, 7) is 0. The Morgan fingerprint density at radius 3 is 2.25 bits per heavy atom. The molecule has 0 saturated carbocycles. The summed E-state index contributed by atoms with van der Waals surface area (Å²) in [4.78, 5) is 0. The van der Waals surface area contributed by atoms with Crippen LogP contribution in [0.15, 0.2) is 36.4 Å². The molecular weight excluding hydrogens is 357 g/mol. The number of fused-ring (bicyclic) bond motifs is 3.